The molecule has 1 N–H and O–H groups in total. The summed E-state index contributed by atoms with van der Waals surface area (Å²) in [7, 11) is 1.98. The number of thioether (sulfide) groups is 2. The Labute approximate surface area is 131 Å². The van der Waals surface area contributed by atoms with E-state index in [0.29, 0.717) is 0 Å². The van der Waals surface area contributed by atoms with Gasteiger partial charge in [0.05, 0.1) is 0 Å². The second kappa shape index (κ2) is 10.9. The van der Waals surface area contributed by atoms with Crippen molar-refractivity contribution >= 4 is 35.1 Å². The first-order chi connectivity index (χ1) is 9.26. The molecule has 1 nitrogen and oxygen atoms in total. The second-order valence-corrected chi connectivity index (χ2v) is 7.47. The first-order valence-corrected chi connectivity index (χ1v) is 9.32. The molecule has 1 aliphatic rings. The van der Waals surface area contributed by atoms with E-state index in [2.05, 4.69) is 36.1 Å². The summed E-state index contributed by atoms with van der Waals surface area (Å²) in [6, 6.07) is 8.14. The molecule has 0 aromatic heterocycles. The van der Waals surface area contributed by atoms with Crippen LogP contribution in [0.15, 0.2) is 29.2 Å². The number of halogens is 1. The van der Waals surface area contributed by atoms with E-state index in [4.69, 9.17) is 11.6 Å². The third-order valence-electron chi connectivity index (χ3n) is 2.78. The Morgan fingerprint density at radius 1 is 1.37 bits per heavy atom. The lowest BCUT2D eigenvalue weighted by molar-refractivity contribution is 0.711. The Morgan fingerprint density at radius 2 is 2.11 bits per heavy atom. The fourth-order valence-corrected chi connectivity index (χ4v) is 4.46. The van der Waals surface area contributed by atoms with Crippen LogP contribution in [-0.4, -0.2) is 30.3 Å². The van der Waals surface area contributed by atoms with Gasteiger partial charge < -0.3 is 5.32 Å². The smallest absolute Gasteiger partial charge is 0.0406 e. The van der Waals surface area contributed by atoms with E-state index in [1.807, 2.05) is 30.9 Å². The van der Waals surface area contributed by atoms with E-state index in [-0.39, 0.29) is 0 Å². The lowest BCUT2D eigenvalue weighted by Crippen LogP contribution is -2.06. The Kier molecular flexibility index (Phi) is 9.88. The predicted molar refractivity (Wildman–Crippen MR) is 91.9 cm³/mol. The van der Waals surface area contributed by atoms with E-state index in [1.165, 1.54) is 35.7 Å². The summed E-state index contributed by atoms with van der Waals surface area (Å²) in [5.41, 5.74) is 0. The topological polar surface area (TPSA) is 12.0 Å². The van der Waals surface area contributed by atoms with Gasteiger partial charge in [0.25, 0.3) is 0 Å². The van der Waals surface area contributed by atoms with Gasteiger partial charge in [-0.1, -0.05) is 24.9 Å². The second-order valence-electron chi connectivity index (χ2n) is 4.51. The highest BCUT2D eigenvalue weighted by atomic mass is 35.5. The molecule has 19 heavy (non-hydrogen) atoms. The minimum atomic E-state index is 0.811. The van der Waals surface area contributed by atoms with Gasteiger partial charge in [0.1, 0.15) is 0 Å². The molecule has 0 aliphatic carbocycles. The molecule has 0 radical (unpaired) electrons. The quantitative estimate of drug-likeness (QED) is 0.772. The largest absolute Gasteiger partial charge is 0.320 e. The molecule has 1 saturated heterocycles. The first-order valence-electron chi connectivity index (χ1n) is 6.90. The molecule has 0 bridgehead atoms. The lowest BCUT2D eigenvalue weighted by Gasteiger charge is -2.07. The Balaban J connectivity index is 0.000000258. The minimum absolute atomic E-state index is 0.811. The minimum Gasteiger partial charge on any atom is -0.320 e. The van der Waals surface area contributed by atoms with Gasteiger partial charge in [-0.05, 0) is 56.5 Å². The van der Waals surface area contributed by atoms with Gasteiger partial charge in [0.2, 0.25) is 0 Å². The van der Waals surface area contributed by atoms with Crippen molar-refractivity contribution in [1.82, 2.24) is 5.32 Å². The van der Waals surface area contributed by atoms with Crippen molar-refractivity contribution in [3.05, 3.63) is 29.3 Å². The van der Waals surface area contributed by atoms with E-state index in [1.54, 1.807) is 0 Å². The third-order valence-corrected chi connectivity index (χ3v) is 5.69. The standard InChI is InChI=1S/C10H11ClS2.C5H13N/c11-8-1-3-9(4-2-8)13-10-5-6-12-7-10;1-3-4-5-6-2/h1-4,10H,5-7H2;6H,3-5H2,1-2H3. The van der Waals surface area contributed by atoms with Crippen LogP contribution in [0.25, 0.3) is 0 Å². The van der Waals surface area contributed by atoms with E-state index >= 15 is 0 Å². The van der Waals surface area contributed by atoms with Crippen molar-refractivity contribution in [2.45, 2.75) is 36.3 Å². The van der Waals surface area contributed by atoms with Crippen LogP contribution in [0, 0.1) is 0 Å². The van der Waals surface area contributed by atoms with Crippen molar-refractivity contribution in [2.75, 3.05) is 25.1 Å². The molecule has 0 saturated carbocycles. The fourth-order valence-electron chi connectivity index (χ4n) is 1.67. The van der Waals surface area contributed by atoms with Crippen molar-refractivity contribution in [1.29, 1.82) is 0 Å². The molecule has 1 atom stereocenters. The van der Waals surface area contributed by atoms with Crippen LogP contribution in [0.3, 0.4) is 0 Å². The number of benzene rings is 1. The molecule has 1 unspecified atom stereocenters. The SMILES string of the molecule is CCCCNC.Clc1ccc(SC2CCSC2)cc1. The van der Waals surface area contributed by atoms with E-state index in [0.717, 1.165) is 16.8 Å². The maximum Gasteiger partial charge on any atom is 0.0406 e. The van der Waals surface area contributed by atoms with Crippen LogP contribution >= 0.6 is 35.1 Å². The molecule has 1 aromatic rings. The zero-order valence-corrected chi connectivity index (χ0v) is 14.2. The van der Waals surface area contributed by atoms with Gasteiger partial charge in [-0.2, -0.15) is 11.8 Å². The molecule has 1 fully saturated rings. The number of rotatable bonds is 5. The maximum atomic E-state index is 5.81. The van der Waals surface area contributed by atoms with Crippen LogP contribution in [0.1, 0.15) is 26.2 Å². The van der Waals surface area contributed by atoms with Gasteiger partial charge in [-0.3, -0.25) is 0 Å². The normalized spacial score (nSPS) is 17.9. The van der Waals surface area contributed by atoms with Gasteiger partial charge in [0.15, 0.2) is 0 Å². The summed E-state index contributed by atoms with van der Waals surface area (Å²) < 4.78 is 0. The van der Waals surface area contributed by atoms with Gasteiger partial charge in [-0.15, -0.1) is 11.8 Å². The molecular formula is C15H24ClNS2. The predicted octanol–water partition coefficient (Wildman–Crippen LogP) is 4.94. The molecule has 4 heteroatoms. The highest BCUT2D eigenvalue weighted by Crippen LogP contribution is 2.33. The zero-order valence-electron chi connectivity index (χ0n) is 11.8. The van der Waals surface area contributed by atoms with Gasteiger partial charge in [0, 0.05) is 20.9 Å². The van der Waals surface area contributed by atoms with Gasteiger partial charge in [-0.25, -0.2) is 0 Å². The average Bonchev–Trinajstić information content (AvgIpc) is 2.93. The van der Waals surface area contributed by atoms with Crippen molar-refractivity contribution in [3.63, 3.8) is 0 Å². The highest BCUT2D eigenvalue weighted by molar-refractivity contribution is 8.04. The monoisotopic (exact) mass is 317 g/mol. The van der Waals surface area contributed by atoms with E-state index in [9.17, 15) is 0 Å². The van der Waals surface area contributed by atoms with Crippen LogP contribution < -0.4 is 5.32 Å². The van der Waals surface area contributed by atoms with Crippen LogP contribution in [0.4, 0.5) is 0 Å². The molecular weight excluding hydrogens is 294 g/mol. The van der Waals surface area contributed by atoms with E-state index < -0.39 is 0 Å². The molecule has 1 aliphatic heterocycles. The maximum absolute atomic E-state index is 5.81. The van der Waals surface area contributed by atoms with Crippen molar-refractivity contribution < 1.29 is 0 Å². The summed E-state index contributed by atoms with van der Waals surface area (Å²) >= 11 is 9.85. The number of hydrogen-bond donors (Lipinski definition) is 1. The molecule has 0 amide bonds. The van der Waals surface area contributed by atoms with Crippen LogP contribution in [0.2, 0.25) is 5.02 Å². The third kappa shape index (κ3) is 8.13. The summed E-state index contributed by atoms with van der Waals surface area (Å²) in [5, 5.41) is 4.70. The number of hydrogen-bond acceptors (Lipinski definition) is 3. The Morgan fingerprint density at radius 3 is 2.58 bits per heavy atom. The number of nitrogens with one attached hydrogen (secondary N) is 1. The first kappa shape index (κ1) is 17.2. The van der Waals surface area contributed by atoms with Crippen LogP contribution in [0.5, 0.6) is 0 Å². The van der Waals surface area contributed by atoms with Crippen LogP contribution in [-0.2, 0) is 0 Å². The zero-order chi connectivity index (χ0) is 13.9. The molecule has 108 valence electrons. The fraction of sp³-hybridized carbons (Fsp3) is 0.600. The van der Waals surface area contributed by atoms with Gasteiger partial charge >= 0.3 is 0 Å². The molecule has 2 rings (SSSR count). The summed E-state index contributed by atoms with van der Waals surface area (Å²) in [6.07, 6.45) is 3.94. The molecule has 0 spiro atoms. The summed E-state index contributed by atoms with van der Waals surface area (Å²) in [6.45, 7) is 3.36. The Bertz CT molecular complexity index is 319. The molecule has 1 aromatic carbocycles. The van der Waals surface area contributed by atoms with Crippen molar-refractivity contribution in [3.8, 4) is 0 Å². The molecule has 1 heterocycles. The average molecular weight is 318 g/mol. The van der Waals surface area contributed by atoms with Crippen molar-refractivity contribution in [2.24, 2.45) is 0 Å². The summed E-state index contributed by atoms with van der Waals surface area (Å²) in [4.78, 5) is 1.34. The summed E-state index contributed by atoms with van der Waals surface area (Å²) in [5.74, 6) is 2.62. The number of unbranched alkanes of at least 4 members (excludes halogenated alkanes) is 1. The Hall–Kier alpha value is 0.170. The highest BCUT2D eigenvalue weighted by Gasteiger charge is 2.16. The lowest BCUT2D eigenvalue weighted by atomic mass is 10.3.